The fourth-order valence-corrected chi connectivity index (χ4v) is 2.45. The summed E-state index contributed by atoms with van der Waals surface area (Å²) in [5.74, 6) is 0. The molecule has 0 aliphatic carbocycles. The van der Waals surface area contributed by atoms with Crippen molar-refractivity contribution in [2.45, 2.75) is 12.5 Å². The highest BCUT2D eigenvalue weighted by Gasteiger charge is 2.12. The third kappa shape index (κ3) is 3.45. The Morgan fingerprint density at radius 1 is 1.22 bits per heavy atom. The van der Waals surface area contributed by atoms with Crippen LogP contribution in [-0.2, 0) is 6.42 Å². The smallest absolute Gasteiger partial charge is 0.1000 e. The number of hydrogen-bond acceptors (Lipinski definition) is 2. The van der Waals surface area contributed by atoms with Crippen molar-refractivity contribution in [1.29, 1.82) is 0 Å². The number of aliphatic hydroxyl groups excluding tert-OH is 1. The molecule has 0 amide bonds. The van der Waals surface area contributed by atoms with Crippen molar-refractivity contribution in [2.24, 2.45) is 0 Å². The summed E-state index contributed by atoms with van der Waals surface area (Å²) in [6.07, 6.45) is 1.24. The van der Waals surface area contributed by atoms with Crippen LogP contribution in [0.4, 0.5) is 0 Å². The van der Waals surface area contributed by atoms with E-state index in [1.807, 2.05) is 12.1 Å². The SMILES string of the molecule is OC(Cc1ccc(Br)cc1Cl)c1ccc(Cl)cn1. The third-order valence-corrected chi connectivity index (χ3v) is 3.59. The van der Waals surface area contributed by atoms with E-state index in [-0.39, 0.29) is 0 Å². The lowest BCUT2D eigenvalue weighted by molar-refractivity contribution is 0.173. The zero-order chi connectivity index (χ0) is 13.1. The minimum atomic E-state index is -0.694. The molecule has 94 valence electrons. The third-order valence-electron chi connectivity index (χ3n) is 2.52. The number of aliphatic hydroxyl groups is 1. The van der Waals surface area contributed by atoms with E-state index in [4.69, 9.17) is 23.2 Å². The van der Waals surface area contributed by atoms with E-state index in [1.54, 1.807) is 18.2 Å². The average Bonchev–Trinajstić information content (AvgIpc) is 2.33. The van der Waals surface area contributed by atoms with Gasteiger partial charge in [0.05, 0.1) is 16.8 Å². The van der Waals surface area contributed by atoms with Crippen LogP contribution < -0.4 is 0 Å². The molecule has 0 saturated heterocycles. The van der Waals surface area contributed by atoms with Crippen LogP contribution in [0.2, 0.25) is 10.0 Å². The molecule has 1 atom stereocenters. The molecule has 1 heterocycles. The Bertz CT molecular complexity index is 545. The second-order valence-electron chi connectivity index (χ2n) is 3.86. The van der Waals surface area contributed by atoms with Crippen LogP contribution in [-0.4, -0.2) is 10.1 Å². The molecule has 1 aromatic carbocycles. The Kier molecular flexibility index (Phi) is 4.62. The molecule has 2 rings (SSSR count). The lowest BCUT2D eigenvalue weighted by Gasteiger charge is -2.11. The second kappa shape index (κ2) is 6.02. The van der Waals surface area contributed by atoms with Crippen molar-refractivity contribution >= 4 is 39.1 Å². The van der Waals surface area contributed by atoms with Crippen LogP contribution >= 0.6 is 39.1 Å². The van der Waals surface area contributed by atoms with Crippen molar-refractivity contribution in [1.82, 2.24) is 4.98 Å². The van der Waals surface area contributed by atoms with Crippen molar-refractivity contribution in [3.63, 3.8) is 0 Å². The van der Waals surface area contributed by atoms with E-state index in [0.29, 0.717) is 22.2 Å². The van der Waals surface area contributed by atoms with E-state index in [2.05, 4.69) is 20.9 Å². The summed E-state index contributed by atoms with van der Waals surface area (Å²) in [4.78, 5) is 4.09. The molecule has 0 aliphatic rings. The number of hydrogen-bond donors (Lipinski definition) is 1. The van der Waals surface area contributed by atoms with Gasteiger partial charge in [-0.15, -0.1) is 0 Å². The summed E-state index contributed by atoms with van der Waals surface area (Å²) in [6, 6.07) is 8.99. The monoisotopic (exact) mass is 345 g/mol. The number of rotatable bonds is 3. The van der Waals surface area contributed by atoms with E-state index in [9.17, 15) is 5.11 Å². The van der Waals surface area contributed by atoms with E-state index in [1.165, 1.54) is 6.20 Å². The van der Waals surface area contributed by atoms with Gasteiger partial charge in [0.25, 0.3) is 0 Å². The molecule has 5 heteroatoms. The Labute approximate surface area is 124 Å². The van der Waals surface area contributed by atoms with E-state index >= 15 is 0 Å². The maximum atomic E-state index is 10.1. The highest BCUT2D eigenvalue weighted by atomic mass is 79.9. The van der Waals surface area contributed by atoms with E-state index in [0.717, 1.165) is 10.0 Å². The van der Waals surface area contributed by atoms with Gasteiger partial charge in [-0.3, -0.25) is 4.98 Å². The van der Waals surface area contributed by atoms with Crippen LogP contribution in [0.5, 0.6) is 0 Å². The van der Waals surface area contributed by atoms with Gasteiger partial charge in [-0.2, -0.15) is 0 Å². The van der Waals surface area contributed by atoms with Crippen LogP contribution in [0.1, 0.15) is 17.4 Å². The quantitative estimate of drug-likeness (QED) is 0.891. The van der Waals surface area contributed by atoms with Gasteiger partial charge in [0.2, 0.25) is 0 Å². The van der Waals surface area contributed by atoms with Gasteiger partial charge in [0.15, 0.2) is 0 Å². The summed E-state index contributed by atoms with van der Waals surface area (Å²) in [5, 5.41) is 11.3. The van der Waals surface area contributed by atoms with Crippen molar-refractivity contribution in [3.05, 3.63) is 62.3 Å². The first-order valence-electron chi connectivity index (χ1n) is 5.29. The maximum absolute atomic E-state index is 10.1. The number of benzene rings is 1. The first-order chi connectivity index (χ1) is 8.56. The average molecular weight is 347 g/mol. The normalized spacial score (nSPS) is 12.4. The second-order valence-corrected chi connectivity index (χ2v) is 5.62. The zero-order valence-electron chi connectivity index (χ0n) is 9.28. The minimum absolute atomic E-state index is 0.417. The molecule has 0 radical (unpaired) electrons. The fourth-order valence-electron chi connectivity index (χ4n) is 1.58. The van der Waals surface area contributed by atoms with Gasteiger partial charge in [0, 0.05) is 22.1 Å². The molecule has 2 aromatic rings. The molecule has 2 nitrogen and oxygen atoms in total. The number of halogens is 3. The van der Waals surface area contributed by atoms with Gasteiger partial charge in [0.1, 0.15) is 0 Å². The molecule has 0 fully saturated rings. The predicted molar refractivity (Wildman–Crippen MR) is 77.1 cm³/mol. The summed E-state index contributed by atoms with van der Waals surface area (Å²) < 4.78 is 0.912. The van der Waals surface area contributed by atoms with Gasteiger partial charge in [-0.05, 0) is 29.8 Å². The topological polar surface area (TPSA) is 33.1 Å². The molecule has 1 unspecified atom stereocenters. The van der Waals surface area contributed by atoms with Crippen molar-refractivity contribution in [3.8, 4) is 0 Å². The van der Waals surface area contributed by atoms with Crippen LogP contribution in [0.3, 0.4) is 0 Å². The Hall–Kier alpha value is -0.610. The zero-order valence-corrected chi connectivity index (χ0v) is 12.4. The summed E-state index contributed by atoms with van der Waals surface area (Å²) in [6.45, 7) is 0. The maximum Gasteiger partial charge on any atom is 0.1000 e. The summed E-state index contributed by atoms with van der Waals surface area (Å²) in [5.41, 5.74) is 1.46. The number of pyridine rings is 1. The first kappa shape index (κ1) is 13.8. The highest BCUT2D eigenvalue weighted by molar-refractivity contribution is 9.10. The molecule has 0 bridgehead atoms. The summed E-state index contributed by atoms with van der Waals surface area (Å²) in [7, 11) is 0. The minimum Gasteiger partial charge on any atom is -0.386 e. The van der Waals surface area contributed by atoms with Gasteiger partial charge in [-0.1, -0.05) is 45.2 Å². The lowest BCUT2D eigenvalue weighted by atomic mass is 10.1. The van der Waals surface area contributed by atoms with Gasteiger partial charge >= 0.3 is 0 Å². The Morgan fingerprint density at radius 3 is 2.61 bits per heavy atom. The largest absolute Gasteiger partial charge is 0.386 e. The fraction of sp³-hybridized carbons (Fsp3) is 0.154. The van der Waals surface area contributed by atoms with Gasteiger partial charge in [-0.25, -0.2) is 0 Å². The molecule has 0 aliphatic heterocycles. The molecule has 1 N–H and O–H groups in total. The Morgan fingerprint density at radius 2 is 2.00 bits per heavy atom. The first-order valence-corrected chi connectivity index (χ1v) is 6.84. The molecular formula is C13H10BrCl2NO. The standard InChI is InChI=1S/C13H10BrCl2NO/c14-9-2-1-8(11(16)6-9)5-13(18)12-4-3-10(15)7-17-12/h1-4,6-7,13,18H,5H2. The summed E-state index contributed by atoms with van der Waals surface area (Å²) >= 11 is 15.2. The molecule has 1 aromatic heterocycles. The predicted octanol–water partition coefficient (Wildman–Crippen LogP) is 4.43. The van der Waals surface area contributed by atoms with Crippen LogP contribution in [0.25, 0.3) is 0 Å². The highest BCUT2D eigenvalue weighted by Crippen LogP contribution is 2.26. The Balaban J connectivity index is 2.15. The van der Waals surface area contributed by atoms with Crippen LogP contribution in [0.15, 0.2) is 41.0 Å². The van der Waals surface area contributed by atoms with Crippen molar-refractivity contribution < 1.29 is 5.11 Å². The van der Waals surface area contributed by atoms with Crippen molar-refractivity contribution in [2.75, 3.05) is 0 Å². The molecule has 0 spiro atoms. The number of aromatic nitrogens is 1. The van der Waals surface area contributed by atoms with E-state index < -0.39 is 6.10 Å². The van der Waals surface area contributed by atoms with Gasteiger partial charge < -0.3 is 5.11 Å². The molecule has 18 heavy (non-hydrogen) atoms. The molecular weight excluding hydrogens is 337 g/mol. The van der Waals surface area contributed by atoms with Crippen LogP contribution in [0, 0.1) is 0 Å². The molecule has 0 saturated carbocycles. The number of nitrogens with zero attached hydrogens (tertiary/aromatic N) is 1. The lowest BCUT2D eigenvalue weighted by Crippen LogP contribution is -2.04.